The number of pyridine rings is 1. The lowest BCUT2D eigenvalue weighted by atomic mass is 10.5. The number of hydrogen-bond donors (Lipinski definition) is 0. The van der Waals surface area contributed by atoms with Crippen molar-refractivity contribution in [3.05, 3.63) is 29.0 Å². The molecule has 1 rings (SSSR count). The number of carbonyl (C=O) groups excluding carboxylic acids is 1. The second-order valence-corrected chi connectivity index (χ2v) is 3.42. The van der Waals surface area contributed by atoms with Crippen molar-refractivity contribution in [2.24, 2.45) is 0 Å². The molecule has 0 saturated heterocycles. The average molecular weight is 372 g/mol. The molecular weight excluding hydrogens is 361 g/mol. The first-order valence-electron chi connectivity index (χ1n) is 4.02. The molecule has 3 nitrogen and oxygen atoms in total. The summed E-state index contributed by atoms with van der Waals surface area (Å²) < 4.78 is 7.52. The van der Waals surface area contributed by atoms with Gasteiger partial charge in [0.25, 0.3) is 0 Å². The Balaban J connectivity index is 0.00000169. The topological polar surface area (TPSA) is 30.2 Å². The maximum atomic E-state index is 11.1. The number of aromatic nitrogens is 1. The van der Waals surface area contributed by atoms with Gasteiger partial charge in [-0.3, -0.25) is 0 Å². The Morgan fingerprint density at radius 1 is 1.64 bits per heavy atom. The van der Waals surface area contributed by atoms with E-state index in [4.69, 9.17) is 4.74 Å². The molecule has 78 valence electrons. The number of ether oxygens (including phenoxy) is 1. The summed E-state index contributed by atoms with van der Waals surface area (Å²) in [4.78, 5) is 11.1. The van der Waals surface area contributed by atoms with Crippen molar-refractivity contribution in [1.29, 1.82) is 0 Å². The van der Waals surface area contributed by atoms with Gasteiger partial charge in [-0.05, 0) is 28.9 Å². The zero-order valence-electron chi connectivity index (χ0n) is 7.74. The molecule has 5 heteroatoms. The highest BCUT2D eigenvalue weighted by atomic mass is 127. The van der Waals surface area contributed by atoms with Crippen molar-refractivity contribution < 1.29 is 38.1 Å². The third-order valence-electron chi connectivity index (χ3n) is 1.44. The van der Waals surface area contributed by atoms with Crippen LogP contribution in [0.25, 0.3) is 0 Å². The Labute approximate surface area is 109 Å². The predicted octanol–water partition coefficient (Wildman–Crippen LogP) is -1.70. The SMILES string of the molecule is CCOC(=O)C[n+]1cccc(Br)c1.[I-]. The van der Waals surface area contributed by atoms with Gasteiger partial charge in [0.1, 0.15) is 0 Å². The van der Waals surface area contributed by atoms with Crippen LogP contribution in [0.15, 0.2) is 29.0 Å². The normalized spacial score (nSPS) is 9.00. The van der Waals surface area contributed by atoms with Gasteiger partial charge in [-0.25, -0.2) is 4.79 Å². The first-order valence-corrected chi connectivity index (χ1v) is 4.82. The number of esters is 1. The van der Waals surface area contributed by atoms with Crippen LogP contribution in [0.2, 0.25) is 0 Å². The maximum Gasteiger partial charge on any atom is 0.372 e. The van der Waals surface area contributed by atoms with Crippen molar-refractivity contribution >= 4 is 21.9 Å². The fourth-order valence-electron chi connectivity index (χ4n) is 0.944. The lowest BCUT2D eigenvalue weighted by molar-refractivity contribution is -0.686. The zero-order chi connectivity index (χ0) is 9.68. The van der Waals surface area contributed by atoms with E-state index < -0.39 is 0 Å². The second-order valence-electron chi connectivity index (χ2n) is 2.50. The van der Waals surface area contributed by atoms with Crippen LogP contribution in [0.4, 0.5) is 0 Å². The highest BCUT2D eigenvalue weighted by Gasteiger charge is 2.09. The molecule has 0 spiro atoms. The van der Waals surface area contributed by atoms with Gasteiger partial charge in [0, 0.05) is 6.07 Å². The van der Waals surface area contributed by atoms with Crippen molar-refractivity contribution in [3.63, 3.8) is 0 Å². The molecule has 1 aromatic rings. The van der Waals surface area contributed by atoms with Crippen LogP contribution in [-0.2, 0) is 16.1 Å². The molecule has 1 heterocycles. The van der Waals surface area contributed by atoms with E-state index in [1.54, 1.807) is 11.5 Å². The van der Waals surface area contributed by atoms with Gasteiger partial charge >= 0.3 is 5.97 Å². The van der Waals surface area contributed by atoms with Crippen LogP contribution in [0.3, 0.4) is 0 Å². The molecule has 0 radical (unpaired) electrons. The Bertz CT molecular complexity index is 307. The molecule has 0 saturated carbocycles. The van der Waals surface area contributed by atoms with Crippen LogP contribution in [0.1, 0.15) is 6.92 Å². The van der Waals surface area contributed by atoms with Crippen LogP contribution in [0.5, 0.6) is 0 Å². The molecule has 0 aliphatic heterocycles. The van der Waals surface area contributed by atoms with E-state index in [1.807, 2.05) is 24.5 Å². The van der Waals surface area contributed by atoms with Gasteiger partial charge in [-0.1, -0.05) is 0 Å². The summed E-state index contributed by atoms with van der Waals surface area (Å²) >= 11 is 3.32. The van der Waals surface area contributed by atoms with Gasteiger partial charge in [-0.2, -0.15) is 4.57 Å². The Morgan fingerprint density at radius 3 is 2.93 bits per heavy atom. The number of nitrogens with zero attached hydrogens (tertiary/aromatic N) is 1. The Morgan fingerprint density at radius 2 is 2.36 bits per heavy atom. The minimum atomic E-state index is -0.217. The molecule has 0 bridgehead atoms. The minimum Gasteiger partial charge on any atom is -1.00 e. The Hall–Kier alpha value is -0.170. The van der Waals surface area contributed by atoms with Crippen molar-refractivity contribution in [1.82, 2.24) is 0 Å². The lowest BCUT2D eigenvalue weighted by Crippen LogP contribution is -3.00. The molecule has 0 aromatic carbocycles. The van der Waals surface area contributed by atoms with Crippen LogP contribution in [-0.4, -0.2) is 12.6 Å². The Kier molecular flexibility index (Phi) is 7.08. The first-order chi connectivity index (χ1) is 6.22. The number of carbonyl (C=O) groups is 1. The third-order valence-corrected chi connectivity index (χ3v) is 1.91. The summed E-state index contributed by atoms with van der Waals surface area (Å²) in [7, 11) is 0. The smallest absolute Gasteiger partial charge is 0.372 e. The fraction of sp³-hybridized carbons (Fsp3) is 0.333. The van der Waals surface area contributed by atoms with E-state index in [0.717, 1.165) is 4.47 Å². The molecule has 1 aromatic heterocycles. The molecule has 0 N–H and O–H groups in total. The first kappa shape index (κ1) is 13.8. The molecule has 0 amide bonds. The van der Waals surface area contributed by atoms with Crippen molar-refractivity contribution in [2.45, 2.75) is 13.5 Å². The predicted molar refractivity (Wildman–Crippen MR) is 51.0 cm³/mol. The van der Waals surface area contributed by atoms with Gasteiger partial charge in [0.05, 0.1) is 11.1 Å². The van der Waals surface area contributed by atoms with Gasteiger partial charge in [0.2, 0.25) is 6.54 Å². The quantitative estimate of drug-likeness (QED) is 0.360. The summed E-state index contributed by atoms with van der Waals surface area (Å²) in [5.41, 5.74) is 0. The highest BCUT2D eigenvalue weighted by molar-refractivity contribution is 9.10. The molecule has 0 aliphatic carbocycles. The third kappa shape index (κ3) is 4.90. The summed E-state index contributed by atoms with van der Waals surface area (Å²) in [6.07, 6.45) is 3.65. The average Bonchev–Trinajstić information content (AvgIpc) is 2.04. The van der Waals surface area contributed by atoms with E-state index in [0.29, 0.717) is 6.61 Å². The van der Waals surface area contributed by atoms with Crippen molar-refractivity contribution in [2.75, 3.05) is 6.61 Å². The lowest BCUT2D eigenvalue weighted by Gasteiger charge is -1.97. The van der Waals surface area contributed by atoms with Crippen LogP contribution >= 0.6 is 15.9 Å². The van der Waals surface area contributed by atoms with E-state index in [2.05, 4.69) is 15.9 Å². The standard InChI is InChI=1S/C9H11BrNO2.HI/c1-2-13-9(12)7-11-5-3-4-8(10)6-11;/h3-6H,2,7H2,1H3;1H/q+1;/p-1. The highest BCUT2D eigenvalue weighted by Crippen LogP contribution is 2.02. The minimum absolute atomic E-state index is 0. The van der Waals surface area contributed by atoms with Gasteiger partial charge < -0.3 is 28.7 Å². The molecule has 0 aliphatic rings. The fourth-order valence-corrected chi connectivity index (χ4v) is 1.36. The molecule has 14 heavy (non-hydrogen) atoms. The van der Waals surface area contributed by atoms with E-state index in [-0.39, 0.29) is 36.5 Å². The number of hydrogen-bond acceptors (Lipinski definition) is 2. The maximum absolute atomic E-state index is 11.1. The van der Waals surface area contributed by atoms with E-state index >= 15 is 0 Å². The monoisotopic (exact) mass is 371 g/mol. The van der Waals surface area contributed by atoms with E-state index in [1.165, 1.54) is 0 Å². The summed E-state index contributed by atoms with van der Waals surface area (Å²) in [6, 6.07) is 3.77. The van der Waals surface area contributed by atoms with Gasteiger partial charge in [-0.15, -0.1) is 0 Å². The molecule has 0 unspecified atom stereocenters. The van der Waals surface area contributed by atoms with Crippen LogP contribution < -0.4 is 28.5 Å². The zero-order valence-corrected chi connectivity index (χ0v) is 11.5. The number of halogens is 2. The van der Waals surface area contributed by atoms with E-state index in [9.17, 15) is 4.79 Å². The number of rotatable bonds is 3. The molecular formula is C9H11BrINO2. The van der Waals surface area contributed by atoms with Gasteiger partial charge in [0.15, 0.2) is 12.4 Å². The summed E-state index contributed by atoms with van der Waals surface area (Å²) in [6.45, 7) is 2.48. The second kappa shape index (κ2) is 7.17. The molecule has 0 fully saturated rings. The van der Waals surface area contributed by atoms with Crippen molar-refractivity contribution in [3.8, 4) is 0 Å². The summed E-state index contributed by atoms with van der Waals surface area (Å²) in [5.74, 6) is -0.217. The molecule has 0 atom stereocenters. The summed E-state index contributed by atoms with van der Waals surface area (Å²) in [5, 5.41) is 0. The largest absolute Gasteiger partial charge is 1.00 e. The van der Waals surface area contributed by atoms with Crippen LogP contribution in [0, 0.1) is 0 Å².